The lowest BCUT2D eigenvalue weighted by atomic mass is 10.5. The Labute approximate surface area is 59.0 Å². The van der Waals surface area contributed by atoms with Gasteiger partial charge in [-0.15, -0.1) is 0 Å². The summed E-state index contributed by atoms with van der Waals surface area (Å²) in [5, 5.41) is 0. The molecule has 0 aromatic carbocycles. The van der Waals surface area contributed by atoms with Crippen molar-refractivity contribution in [1.29, 1.82) is 0 Å². The van der Waals surface area contributed by atoms with Gasteiger partial charge in [0.1, 0.15) is 0 Å². The van der Waals surface area contributed by atoms with Crippen molar-refractivity contribution in [1.82, 2.24) is 0 Å². The maximum absolute atomic E-state index is 5.35. The quantitative estimate of drug-likeness (QED) is 0.547. The van der Waals surface area contributed by atoms with Crippen molar-refractivity contribution in [2.24, 2.45) is 0 Å². The smallest absolute Gasteiger partial charge is 0.318 e. The van der Waals surface area contributed by atoms with E-state index in [2.05, 4.69) is 13.5 Å². The molecule has 0 saturated carbocycles. The van der Waals surface area contributed by atoms with Gasteiger partial charge in [0.15, 0.2) is 0 Å². The number of rotatable bonds is 5. The Hall–Kier alpha value is 0.137. The fraction of sp³-hybridized carbons (Fsp3) is 1.00. The van der Waals surface area contributed by atoms with E-state index >= 15 is 0 Å². The minimum Gasteiger partial charge on any atom is -0.397 e. The van der Waals surface area contributed by atoms with Crippen molar-refractivity contribution in [3.8, 4) is 0 Å². The molecule has 0 radical (unpaired) electrons. The van der Waals surface area contributed by atoms with Gasteiger partial charge in [-0.1, -0.05) is 6.92 Å². The number of hydrogen-bond acceptors (Lipinski definition) is 2. The lowest BCUT2D eigenvalue weighted by molar-refractivity contribution is 0.210. The van der Waals surface area contributed by atoms with Gasteiger partial charge < -0.3 is 8.85 Å². The van der Waals surface area contributed by atoms with Crippen LogP contribution in [0.25, 0.3) is 0 Å². The van der Waals surface area contributed by atoms with Crippen molar-refractivity contribution in [3.63, 3.8) is 0 Å². The second-order valence-electron chi connectivity index (χ2n) is 1.89. The Bertz CT molecular complexity index is 59.0. The van der Waals surface area contributed by atoms with Crippen LogP contribution in [0.2, 0.25) is 6.55 Å². The van der Waals surface area contributed by atoms with E-state index in [4.69, 9.17) is 8.85 Å². The van der Waals surface area contributed by atoms with Crippen molar-refractivity contribution in [2.45, 2.75) is 26.8 Å². The normalized spacial score (nSPS) is 13.7. The van der Waals surface area contributed by atoms with Gasteiger partial charge >= 0.3 is 9.28 Å². The molecule has 0 aromatic rings. The molecule has 0 aromatic heterocycles. The first kappa shape index (κ1) is 9.14. The summed E-state index contributed by atoms with van der Waals surface area (Å²) in [5.41, 5.74) is 0. The van der Waals surface area contributed by atoms with E-state index in [9.17, 15) is 0 Å². The van der Waals surface area contributed by atoms with Crippen molar-refractivity contribution in [3.05, 3.63) is 0 Å². The maximum Gasteiger partial charge on any atom is 0.318 e. The van der Waals surface area contributed by atoms with E-state index in [0.717, 1.165) is 19.6 Å². The zero-order valence-corrected chi connectivity index (χ0v) is 7.67. The molecule has 3 heteroatoms. The first-order valence-electron chi connectivity index (χ1n) is 3.54. The van der Waals surface area contributed by atoms with Gasteiger partial charge in [-0.2, -0.15) is 0 Å². The lowest BCUT2D eigenvalue weighted by Gasteiger charge is -2.08. The third kappa shape index (κ3) is 6.02. The molecular weight excluding hydrogens is 132 g/mol. The molecule has 0 bridgehead atoms. The summed E-state index contributed by atoms with van der Waals surface area (Å²) in [4.78, 5) is 0. The molecular formula is C6H16O2Si. The maximum atomic E-state index is 5.35. The van der Waals surface area contributed by atoms with E-state index < -0.39 is 9.28 Å². The fourth-order valence-electron chi connectivity index (χ4n) is 0.567. The van der Waals surface area contributed by atoms with E-state index in [1.165, 1.54) is 0 Å². The third-order valence-electron chi connectivity index (χ3n) is 0.958. The highest BCUT2D eigenvalue weighted by Gasteiger charge is 2.01. The molecule has 0 amide bonds. The summed E-state index contributed by atoms with van der Waals surface area (Å²) in [6, 6.07) is 0. The minimum absolute atomic E-state index is 0.789. The molecule has 1 atom stereocenters. The summed E-state index contributed by atoms with van der Waals surface area (Å²) in [6.45, 7) is 7.80. The Morgan fingerprint density at radius 3 is 2.33 bits per heavy atom. The van der Waals surface area contributed by atoms with Gasteiger partial charge in [0, 0.05) is 13.2 Å². The van der Waals surface area contributed by atoms with Crippen LogP contribution in [0.5, 0.6) is 0 Å². The van der Waals surface area contributed by atoms with Crippen LogP contribution in [0.1, 0.15) is 20.3 Å². The van der Waals surface area contributed by atoms with Crippen molar-refractivity contribution in [2.75, 3.05) is 13.2 Å². The standard InChI is InChI=1S/C6H16O2Si/c1-4-6-8-9(3)7-5-2/h9H,4-6H2,1-3H3. The van der Waals surface area contributed by atoms with Gasteiger partial charge in [0.25, 0.3) is 0 Å². The summed E-state index contributed by atoms with van der Waals surface area (Å²) in [6.07, 6.45) is 1.09. The molecule has 9 heavy (non-hydrogen) atoms. The molecule has 0 fully saturated rings. The summed E-state index contributed by atoms with van der Waals surface area (Å²) < 4.78 is 10.6. The van der Waals surface area contributed by atoms with Crippen molar-refractivity contribution >= 4 is 9.28 Å². The summed E-state index contributed by atoms with van der Waals surface area (Å²) in [7, 11) is -1.22. The summed E-state index contributed by atoms with van der Waals surface area (Å²) in [5.74, 6) is 0. The van der Waals surface area contributed by atoms with Crippen LogP contribution in [0.4, 0.5) is 0 Å². The van der Waals surface area contributed by atoms with Gasteiger partial charge in [0.2, 0.25) is 0 Å². The molecule has 0 saturated heterocycles. The van der Waals surface area contributed by atoms with Crippen LogP contribution in [0.3, 0.4) is 0 Å². The molecule has 0 aliphatic heterocycles. The van der Waals surface area contributed by atoms with Crippen LogP contribution in [-0.2, 0) is 8.85 Å². The Balaban J connectivity index is 2.95. The van der Waals surface area contributed by atoms with Gasteiger partial charge in [-0.3, -0.25) is 0 Å². The predicted octanol–water partition coefficient (Wildman–Crippen LogP) is 1.30. The molecule has 0 heterocycles. The molecule has 56 valence electrons. The predicted molar refractivity (Wildman–Crippen MR) is 40.9 cm³/mol. The topological polar surface area (TPSA) is 18.5 Å². The van der Waals surface area contributed by atoms with Crippen LogP contribution in [0.15, 0.2) is 0 Å². The Kier molecular flexibility index (Phi) is 6.35. The minimum atomic E-state index is -1.22. The van der Waals surface area contributed by atoms with Crippen LogP contribution in [0, 0.1) is 0 Å². The molecule has 0 aliphatic carbocycles. The van der Waals surface area contributed by atoms with Gasteiger partial charge in [-0.05, 0) is 19.9 Å². The highest BCUT2D eigenvalue weighted by Crippen LogP contribution is 1.89. The second kappa shape index (κ2) is 6.26. The van der Waals surface area contributed by atoms with E-state index in [0.29, 0.717) is 0 Å². The van der Waals surface area contributed by atoms with Crippen LogP contribution in [-0.4, -0.2) is 22.5 Å². The zero-order chi connectivity index (χ0) is 7.11. The van der Waals surface area contributed by atoms with E-state index in [1.54, 1.807) is 0 Å². The third-order valence-corrected chi connectivity index (χ3v) is 2.47. The van der Waals surface area contributed by atoms with E-state index in [1.807, 2.05) is 6.92 Å². The molecule has 0 rings (SSSR count). The first-order chi connectivity index (χ1) is 4.31. The molecule has 0 aliphatic rings. The van der Waals surface area contributed by atoms with Gasteiger partial charge in [-0.25, -0.2) is 0 Å². The summed E-state index contributed by atoms with van der Waals surface area (Å²) >= 11 is 0. The second-order valence-corrected chi connectivity index (χ2v) is 3.70. The monoisotopic (exact) mass is 148 g/mol. The van der Waals surface area contributed by atoms with Gasteiger partial charge in [0.05, 0.1) is 0 Å². The fourth-order valence-corrected chi connectivity index (χ4v) is 1.70. The molecule has 0 N–H and O–H groups in total. The van der Waals surface area contributed by atoms with Crippen LogP contribution >= 0.6 is 0 Å². The SMILES string of the molecule is CCCO[SiH](C)OCC. The molecule has 2 nitrogen and oxygen atoms in total. The van der Waals surface area contributed by atoms with Crippen molar-refractivity contribution < 1.29 is 8.85 Å². The Morgan fingerprint density at radius 2 is 1.89 bits per heavy atom. The highest BCUT2D eigenvalue weighted by atomic mass is 28.3. The van der Waals surface area contributed by atoms with E-state index in [-0.39, 0.29) is 0 Å². The zero-order valence-electron chi connectivity index (χ0n) is 6.52. The van der Waals surface area contributed by atoms with Crippen LogP contribution < -0.4 is 0 Å². The first-order valence-corrected chi connectivity index (χ1v) is 5.64. The highest BCUT2D eigenvalue weighted by molar-refractivity contribution is 6.42. The molecule has 1 unspecified atom stereocenters. The number of hydrogen-bond donors (Lipinski definition) is 0. The lowest BCUT2D eigenvalue weighted by Crippen LogP contribution is -2.18. The Morgan fingerprint density at radius 1 is 1.22 bits per heavy atom. The average molecular weight is 148 g/mol. The average Bonchev–Trinajstić information content (AvgIpc) is 1.85. The molecule has 0 spiro atoms. The largest absolute Gasteiger partial charge is 0.397 e.